The molecule has 36 heavy (non-hydrogen) atoms. The molecule has 8 nitrogen and oxygen atoms in total. The fourth-order valence-corrected chi connectivity index (χ4v) is 6.36. The molecule has 1 fully saturated rings. The number of carbonyl (C=O) groups excluding carboxylic acids is 1. The van der Waals surface area contributed by atoms with Gasteiger partial charge in [-0.25, -0.2) is 9.07 Å². The molecule has 2 atom stereocenters. The zero-order chi connectivity index (χ0) is 25.0. The number of fused-ring (bicyclic) bond motifs is 4. The number of methoxy groups -OCH3 is 1. The van der Waals surface area contributed by atoms with Crippen molar-refractivity contribution < 1.29 is 23.8 Å². The number of hydrogen-bond acceptors (Lipinski definition) is 7. The van der Waals surface area contributed by atoms with E-state index in [9.17, 15) is 14.7 Å². The smallest absolute Gasteiger partial charge is 0.278 e. The first-order valence-corrected chi connectivity index (χ1v) is 12.6. The Labute approximate surface area is 210 Å². The first-order valence-electron chi connectivity index (χ1n) is 11.6. The minimum absolute atomic E-state index is 0.154. The molecule has 3 aromatic rings. The van der Waals surface area contributed by atoms with E-state index in [2.05, 4.69) is 5.43 Å². The van der Waals surface area contributed by atoms with E-state index in [4.69, 9.17) is 9.47 Å². The van der Waals surface area contributed by atoms with Crippen LogP contribution < -0.4 is 10.9 Å². The van der Waals surface area contributed by atoms with E-state index in [0.29, 0.717) is 29.0 Å². The number of aromatic hydroxyl groups is 1. The second kappa shape index (κ2) is 8.95. The minimum atomic E-state index is -0.678. The van der Waals surface area contributed by atoms with Crippen molar-refractivity contribution >= 4 is 17.7 Å². The monoisotopic (exact) mass is 509 g/mol. The third-order valence-corrected chi connectivity index (χ3v) is 8.08. The highest BCUT2D eigenvalue weighted by Crippen LogP contribution is 2.40. The minimum Gasteiger partial charge on any atom is -0.502 e. The molecule has 0 aliphatic carbocycles. The van der Waals surface area contributed by atoms with E-state index >= 15 is 4.39 Å². The van der Waals surface area contributed by atoms with Gasteiger partial charge in [0.2, 0.25) is 5.43 Å². The van der Waals surface area contributed by atoms with Crippen molar-refractivity contribution in [3.63, 3.8) is 0 Å². The number of pyridine rings is 1. The molecule has 3 aliphatic heterocycles. The quantitative estimate of drug-likeness (QED) is 0.561. The van der Waals surface area contributed by atoms with E-state index in [0.717, 1.165) is 16.0 Å². The molecule has 0 bridgehead atoms. The summed E-state index contributed by atoms with van der Waals surface area (Å²) in [6.07, 6.45) is -0.0618. The van der Waals surface area contributed by atoms with Crippen molar-refractivity contribution in [1.82, 2.24) is 9.58 Å². The number of nitrogens with zero attached hydrogens (tertiary/aromatic N) is 2. The van der Waals surface area contributed by atoms with E-state index in [1.165, 1.54) is 23.9 Å². The molecule has 0 saturated carbocycles. The largest absolute Gasteiger partial charge is 0.502 e. The second-order valence-corrected chi connectivity index (χ2v) is 10.1. The SMILES string of the molecule is COCC1COC[C@H]2Nn3c(-c4ccc(F)c5c4Cc4ccccc4SC5)cc(=O)c(O)c3C(=O)N12. The summed E-state index contributed by atoms with van der Waals surface area (Å²) in [7, 11) is 1.54. The van der Waals surface area contributed by atoms with Crippen LogP contribution in [0.15, 0.2) is 52.2 Å². The number of ether oxygens (including phenoxy) is 2. The molecule has 0 spiro atoms. The summed E-state index contributed by atoms with van der Waals surface area (Å²) >= 11 is 1.57. The Balaban J connectivity index is 1.54. The van der Waals surface area contributed by atoms with Crippen LogP contribution in [-0.4, -0.2) is 59.7 Å². The van der Waals surface area contributed by atoms with E-state index < -0.39 is 23.3 Å². The van der Waals surface area contributed by atoms with Gasteiger partial charge in [0.25, 0.3) is 5.91 Å². The maximum Gasteiger partial charge on any atom is 0.278 e. The summed E-state index contributed by atoms with van der Waals surface area (Å²) in [6.45, 7) is 0.755. The van der Waals surface area contributed by atoms with Crippen LogP contribution in [0, 0.1) is 5.82 Å². The average Bonchev–Trinajstić information content (AvgIpc) is 3.07. The van der Waals surface area contributed by atoms with Gasteiger partial charge in [-0.15, -0.1) is 11.8 Å². The molecule has 10 heteroatoms. The van der Waals surface area contributed by atoms with Gasteiger partial charge in [0.1, 0.15) is 12.0 Å². The summed E-state index contributed by atoms with van der Waals surface area (Å²) in [5, 5.41) is 10.7. The summed E-state index contributed by atoms with van der Waals surface area (Å²) in [4.78, 5) is 29.2. The maximum atomic E-state index is 15.0. The highest BCUT2D eigenvalue weighted by molar-refractivity contribution is 7.98. The number of nitrogens with one attached hydrogen (secondary N) is 1. The van der Waals surface area contributed by atoms with Crippen molar-refractivity contribution in [2.24, 2.45) is 0 Å². The van der Waals surface area contributed by atoms with Crippen LogP contribution >= 0.6 is 11.8 Å². The summed E-state index contributed by atoms with van der Waals surface area (Å²) in [6, 6.07) is 11.9. The number of aromatic nitrogens is 1. The molecular formula is C26H24FN3O5S. The Morgan fingerprint density at radius 1 is 1.19 bits per heavy atom. The molecule has 0 radical (unpaired) electrons. The normalized spacial score (nSPS) is 20.5. The van der Waals surface area contributed by atoms with Crippen LogP contribution in [0.25, 0.3) is 11.3 Å². The topological polar surface area (TPSA) is 93.0 Å². The Bertz CT molecular complexity index is 1440. The average molecular weight is 510 g/mol. The Morgan fingerprint density at radius 3 is 2.86 bits per heavy atom. The lowest BCUT2D eigenvalue weighted by Gasteiger charge is -2.46. The third kappa shape index (κ3) is 3.59. The molecule has 1 amide bonds. The Kier molecular flexibility index (Phi) is 5.74. The molecule has 2 N–H and O–H groups in total. The fraction of sp³-hybridized carbons (Fsp3) is 0.308. The summed E-state index contributed by atoms with van der Waals surface area (Å²) in [5.41, 5.74) is 5.81. The van der Waals surface area contributed by atoms with Gasteiger partial charge in [0.05, 0.1) is 31.6 Å². The summed E-state index contributed by atoms with van der Waals surface area (Å²) in [5.74, 6) is -0.996. The van der Waals surface area contributed by atoms with Crippen molar-refractivity contribution in [3.05, 3.63) is 80.9 Å². The van der Waals surface area contributed by atoms with Crippen molar-refractivity contribution in [2.45, 2.75) is 29.3 Å². The van der Waals surface area contributed by atoms with Gasteiger partial charge in [0, 0.05) is 35.0 Å². The van der Waals surface area contributed by atoms with E-state index in [1.54, 1.807) is 22.7 Å². The van der Waals surface area contributed by atoms with Crippen LogP contribution in [0.3, 0.4) is 0 Å². The first-order chi connectivity index (χ1) is 17.5. The molecule has 1 aromatic heterocycles. The number of benzene rings is 2. The molecule has 186 valence electrons. The predicted octanol–water partition coefficient (Wildman–Crippen LogP) is 2.93. The number of amides is 1. The zero-order valence-corrected chi connectivity index (χ0v) is 20.3. The van der Waals surface area contributed by atoms with Gasteiger partial charge in [-0.2, -0.15) is 0 Å². The lowest BCUT2D eigenvalue weighted by molar-refractivity contribution is -0.0556. The van der Waals surface area contributed by atoms with Crippen LogP contribution in [0.4, 0.5) is 4.39 Å². The predicted molar refractivity (Wildman–Crippen MR) is 132 cm³/mol. The molecule has 4 heterocycles. The van der Waals surface area contributed by atoms with Crippen molar-refractivity contribution in [2.75, 3.05) is 32.4 Å². The van der Waals surface area contributed by atoms with Crippen molar-refractivity contribution in [1.29, 1.82) is 0 Å². The number of thioether (sulfide) groups is 1. The van der Waals surface area contributed by atoms with Gasteiger partial charge in [-0.05, 0) is 35.7 Å². The van der Waals surface area contributed by atoms with Crippen LogP contribution in [-0.2, 0) is 21.6 Å². The van der Waals surface area contributed by atoms with Crippen LogP contribution in [0.1, 0.15) is 27.2 Å². The number of morpholine rings is 1. The summed E-state index contributed by atoms with van der Waals surface area (Å²) < 4.78 is 27.4. The van der Waals surface area contributed by atoms with Crippen molar-refractivity contribution in [3.8, 4) is 17.0 Å². The standard InChI is InChI=1S/C26H24FN3O5S/c1-34-10-15-11-35-12-23-28-30-20(9-21(31)25(32)24(30)26(33)29(15)23)16-6-7-19(27)18-13-36-22-5-3-2-4-14(22)8-17(16)18/h2-7,9,15,23,28,32H,8,10-13H2,1H3/t15?,23-/m0/s1. The highest BCUT2D eigenvalue weighted by atomic mass is 32.2. The van der Waals surface area contributed by atoms with Crippen LogP contribution in [0.5, 0.6) is 5.75 Å². The lowest BCUT2D eigenvalue weighted by Crippen LogP contribution is -2.64. The van der Waals surface area contributed by atoms with Gasteiger partial charge in [-0.3, -0.25) is 9.59 Å². The Hall–Kier alpha value is -3.34. The molecule has 6 rings (SSSR count). The number of carbonyl (C=O) groups is 1. The van der Waals surface area contributed by atoms with E-state index in [1.807, 2.05) is 24.3 Å². The maximum absolute atomic E-state index is 15.0. The number of rotatable bonds is 3. The van der Waals surface area contributed by atoms with Crippen LogP contribution in [0.2, 0.25) is 0 Å². The van der Waals surface area contributed by atoms with E-state index in [-0.39, 0.29) is 37.4 Å². The lowest BCUT2D eigenvalue weighted by atomic mass is 9.92. The molecular weight excluding hydrogens is 485 g/mol. The first kappa shape index (κ1) is 23.1. The van der Waals surface area contributed by atoms with Gasteiger partial charge in [-0.1, -0.05) is 18.2 Å². The second-order valence-electron chi connectivity index (χ2n) is 9.06. The molecule has 1 unspecified atom stereocenters. The number of hydrogen-bond donors (Lipinski definition) is 2. The molecule has 2 aromatic carbocycles. The fourth-order valence-electron chi connectivity index (χ4n) is 5.25. The van der Waals surface area contributed by atoms with Gasteiger partial charge in [0.15, 0.2) is 11.4 Å². The Morgan fingerprint density at radius 2 is 2.03 bits per heavy atom. The molecule has 3 aliphatic rings. The number of halogens is 1. The zero-order valence-electron chi connectivity index (χ0n) is 19.5. The van der Waals surface area contributed by atoms with Gasteiger partial charge < -0.3 is 24.9 Å². The highest BCUT2D eigenvalue weighted by Gasteiger charge is 2.42. The third-order valence-electron chi connectivity index (χ3n) is 6.94. The van der Waals surface area contributed by atoms with Gasteiger partial charge >= 0.3 is 0 Å². The molecule has 1 saturated heterocycles.